The van der Waals surface area contributed by atoms with Gasteiger partial charge in [-0.25, -0.2) is 9.97 Å². The van der Waals surface area contributed by atoms with Gasteiger partial charge in [0.05, 0.1) is 11.0 Å². The van der Waals surface area contributed by atoms with E-state index in [9.17, 15) is 4.79 Å². The Hall–Kier alpha value is -2.37. The van der Waals surface area contributed by atoms with Crippen LogP contribution in [0.3, 0.4) is 0 Å². The number of nitrogens with zero attached hydrogens (tertiary/aromatic N) is 2. The van der Waals surface area contributed by atoms with Crippen LogP contribution >= 0.6 is 0 Å². The van der Waals surface area contributed by atoms with Crippen molar-refractivity contribution in [2.75, 3.05) is 11.1 Å². The molecule has 100 valence electrons. The summed E-state index contributed by atoms with van der Waals surface area (Å²) >= 11 is 0. The maximum atomic E-state index is 11.4. The van der Waals surface area contributed by atoms with Gasteiger partial charge >= 0.3 is 0 Å². The second kappa shape index (κ2) is 5.09. The molecule has 0 aliphatic carbocycles. The van der Waals surface area contributed by atoms with Crippen LogP contribution in [-0.4, -0.2) is 21.9 Å². The lowest BCUT2D eigenvalue weighted by molar-refractivity contribution is -0.119. The van der Waals surface area contributed by atoms with E-state index >= 15 is 0 Å². The number of benzene rings is 1. The number of nitrogens with two attached hydrogens (primary N) is 2. The van der Waals surface area contributed by atoms with E-state index in [2.05, 4.69) is 15.3 Å². The van der Waals surface area contributed by atoms with E-state index in [-0.39, 0.29) is 11.7 Å². The third-order valence-corrected chi connectivity index (χ3v) is 2.86. The van der Waals surface area contributed by atoms with E-state index in [0.29, 0.717) is 16.9 Å². The number of fused-ring (bicyclic) bond motifs is 1. The third kappa shape index (κ3) is 2.73. The van der Waals surface area contributed by atoms with Crippen LogP contribution in [0.25, 0.3) is 11.0 Å². The lowest BCUT2D eigenvalue weighted by atomic mass is 10.0. The van der Waals surface area contributed by atoms with Gasteiger partial charge < -0.3 is 16.8 Å². The van der Waals surface area contributed by atoms with Crippen LogP contribution in [0.2, 0.25) is 0 Å². The standard InChI is InChI=1S/C13H17N5O/c1-7(2)10(12(15)19)18-13-11(14)16-8-5-3-4-6-9(8)17-13/h3-7,10H,1-2H3,(H2,14,16)(H2,15,19)(H,17,18). The van der Waals surface area contributed by atoms with Gasteiger partial charge in [-0.05, 0) is 18.1 Å². The number of nitrogens with one attached hydrogen (secondary N) is 1. The molecule has 6 nitrogen and oxygen atoms in total. The SMILES string of the molecule is CC(C)C(Nc1nc2ccccc2nc1N)C(N)=O. The Bertz CT molecular complexity index is 611. The highest BCUT2D eigenvalue weighted by Gasteiger charge is 2.21. The van der Waals surface area contributed by atoms with Crippen molar-refractivity contribution in [1.82, 2.24) is 9.97 Å². The van der Waals surface area contributed by atoms with Crippen molar-refractivity contribution >= 4 is 28.6 Å². The monoisotopic (exact) mass is 259 g/mol. The average molecular weight is 259 g/mol. The van der Waals surface area contributed by atoms with E-state index in [0.717, 1.165) is 0 Å². The van der Waals surface area contributed by atoms with Gasteiger partial charge in [-0.15, -0.1) is 0 Å². The van der Waals surface area contributed by atoms with Crippen molar-refractivity contribution in [2.24, 2.45) is 11.7 Å². The molecule has 0 aliphatic rings. The van der Waals surface area contributed by atoms with Gasteiger partial charge in [0.2, 0.25) is 5.91 Å². The summed E-state index contributed by atoms with van der Waals surface area (Å²) in [5.41, 5.74) is 12.6. The normalized spacial score (nSPS) is 12.6. The zero-order chi connectivity index (χ0) is 14.0. The molecule has 1 heterocycles. The molecule has 6 heteroatoms. The molecule has 2 rings (SSSR count). The van der Waals surface area contributed by atoms with Gasteiger partial charge in [0.25, 0.3) is 0 Å². The second-order valence-electron chi connectivity index (χ2n) is 4.71. The van der Waals surface area contributed by atoms with E-state index in [1.54, 1.807) is 0 Å². The summed E-state index contributed by atoms with van der Waals surface area (Å²) in [6.07, 6.45) is 0. The minimum absolute atomic E-state index is 0.0326. The second-order valence-corrected chi connectivity index (χ2v) is 4.71. The quantitative estimate of drug-likeness (QED) is 0.763. The number of hydrogen-bond acceptors (Lipinski definition) is 5. The van der Waals surface area contributed by atoms with Gasteiger partial charge in [-0.3, -0.25) is 4.79 Å². The molecule has 0 aliphatic heterocycles. The molecule has 0 saturated heterocycles. The Labute approximate surface area is 111 Å². The Morgan fingerprint density at radius 1 is 1.21 bits per heavy atom. The van der Waals surface area contributed by atoms with Crippen molar-refractivity contribution in [3.63, 3.8) is 0 Å². The summed E-state index contributed by atoms with van der Waals surface area (Å²) in [7, 11) is 0. The number of amides is 1. The molecule has 5 N–H and O–H groups in total. The number of hydrogen-bond donors (Lipinski definition) is 3. The first kappa shape index (κ1) is 13.1. The summed E-state index contributed by atoms with van der Waals surface area (Å²) < 4.78 is 0. The molecule has 0 bridgehead atoms. The molecule has 0 radical (unpaired) electrons. The molecule has 1 atom stereocenters. The maximum Gasteiger partial charge on any atom is 0.240 e. The summed E-state index contributed by atoms with van der Waals surface area (Å²) in [5, 5.41) is 2.97. The zero-order valence-electron chi connectivity index (χ0n) is 10.9. The Kier molecular flexibility index (Phi) is 3.50. The van der Waals surface area contributed by atoms with Crippen LogP contribution in [0.4, 0.5) is 11.6 Å². The lowest BCUT2D eigenvalue weighted by Gasteiger charge is -2.20. The largest absolute Gasteiger partial charge is 0.381 e. The van der Waals surface area contributed by atoms with Gasteiger partial charge in [0, 0.05) is 0 Å². The number of carbonyl (C=O) groups is 1. The lowest BCUT2D eigenvalue weighted by Crippen LogP contribution is -2.40. The molecule has 0 saturated carbocycles. The molecule has 1 aromatic heterocycles. The zero-order valence-corrected chi connectivity index (χ0v) is 10.9. The fourth-order valence-corrected chi connectivity index (χ4v) is 1.83. The van der Waals surface area contributed by atoms with Crippen LogP contribution in [0.15, 0.2) is 24.3 Å². The summed E-state index contributed by atoms with van der Waals surface area (Å²) in [5.74, 6) is 0.233. The first-order valence-corrected chi connectivity index (χ1v) is 6.07. The predicted octanol–water partition coefficient (Wildman–Crippen LogP) is 1.13. The minimum atomic E-state index is -0.530. The molecule has 2 aromatic rings. The minimum Gasteiger partial charge on any atom is -0.381 e. The van der Waals surface area contributed by atoms with E-state index < -0.39 is 11.9 Å². The summed E-state index contributed by atoms with van der Waals surface area (Å²) in [6.45, 7) is 3.79. The fraction of sp³-hybridized carbons (Fsp3) is 0.308. The van der Waals surface area contributed by atoms with Gasteiger partial charge in [-0.2, -0.15) is 0 Å². The molecule has 1 unspecified atom stereocenters. The highest BCUT2D eigenvalue weighted by atomic mass is 16.1. The Morgan fingerprint density at radius 2 is 1.79 bits per heavy atom. The van der Waals surface area contributed by atoms with Crippen LogP contribution in [-0.2, 0) is 4.79 Å². The van der Waals surface area contributed by atoms with Crippen LogP contribution in [0.1, 0.15) is 13.8 Å². The first-order valence-electron chi connectivity index (χ1n) is 6.07. The van der Waals surface area contributed by atoms with Crippen LogP contribution in [0.5, 0.6) is 0 Å². The molecule has 1 aromatic carbocycles. The number of para-hydroxylation sites is 2. The summed E-state index contributed by atoms with van der Waals surface area (Å²) in [6, 6.07) is 6.87. The fourth-order valence-electron chi connectivity index (χ4n) is 1.83. The van der Waals surface area contributed by atoms with Gasteiger partial charge in [0.15, 0.2) is 11.6 Å². The van der Waals surface area contributed by atoms with Gasteiger partial charge in [-0.1, -0.05) is 26.0 Å². The van der Waals surface area contributed by atoms with Crippen molar-refractivity contribution in [3.8, 4) is 0 Å². The predicted molar refractivity (Wildman–Crippen MR) is 75.4 cm³/mol. The van der Waals surface area contributed by atoms with E-state index in [1.807, 2.05) is 38.1 Å². The van der Waals surface area contributed by atoms with Crippen molar-refractivity contribution in [1.29, 1.82) is 0 Å². The van der Waals surface area contributed by atoms with Crippen LogP contribution < -0.4 is 16.8 Å². The highest BCUT2D eigenvalue weighted by Crippen LogP contribution is 2.20. The number of anilines is 2. The maximum absolute atomic E-state index is 11.4. The van der Waals surface area contributed by atoms with Crippen molar-refractivity contribution in [3.05, 3.63) is 24.3 Å². The van der Waals surface area contributed by atoms with Crippen molar-refractivity contribution < 1.29 is 4.79 Å². The number of nitrogen functional groups attached to an aromatic ring is 1. The number of primary amides is 1. The third-order valence-electron chi connectivity index (χ3n) is 2.86. The van der Waals surface area contributed by atoms with Gasteiger partial charge in [0.1, 0.15) is 6.04 Å². The Morgan fingerprint density at radius 3 is 2.32 bits per heavy atom. The number of aromatic nitrogens is 2. The average Bonchev–Trinajstić information content (AvgIpc) is 2.35. The molecular weight excluding hydrogens is 242 g/mol. The first-order chi connectivity index (χ1) is 8.99. The molecule has 0 fully saturated rings. The molecule has 1 amide bonds. The van der Waals surface area contributed by atoms with Crippen LogP contribution in [0, 0.1) is 5.92 Å². The van der Waals surface area contributed by atoms with Crippen molar-refractivity contribution in [2.45, 2.75) is 19.9 Å². The molecule has 0 spiro atoms. The molecule has 19 heavy (non-hydrogen) atoms. The summed E-state index contributed by atoms with van der Waals surface area (Å²) in [4.78, 5) is 20.0. The highest BCUT2D eigenvalue weighted by molar-refractivity contribution is 5.85. The Balaban J connectivity index is 2.39. The topological polar surface area (TPSA) is 107 Å². The smallest absolute Gasteiger partial charge is 0.240 e. The number of carbonyl (C=O) groups excluding carboxylic acids is 1. The number of rotatable bonds is 4. The molecular formula is C13H17N5O. The van der Waals surface area contributed by atoms with E-state index in [4.69, 9.17) is 11.5 Å². The van der Waals surface area contributed by atoms with E-state index in [1.165, 1.54) is 0 Å².